The summed E-state index contributed by atoms with van der Waals surface area (Å²) in [5.41, 5.74) is 6.23. The van der Waals surface area contributed by atoms with E-state index in [1.807, 2.05) is 7.05 Å². The molecular formula is C15H20BrN3. The number of rotatable bonds is 3. The van der Waals surface area contributed by atoms with Gasteiger partial charge in [-0.1, -0.05) is 17.7 Å². The number of imidazole rings is 1. The standard InChI is InChI=1S/C15H20BrN3/c1-9-6-10(2)13(11(3)7-9)15-18-14(16)12(8-17-4)19(15)5/h6-7,17H,8H2,1-5H3. The van der Waals surface area contributed by atoms with Gasteiger partial charge in [0.1, 0.15) is 10.4 Å². The van der Waals surface area contributed by atoms with Gasteiger partial charge in [-0.15, -0.1) is 0 Å². The molecule has 0 aliphatic heterocycles. The third-order valence-corrected chi connectivity index (χ3v) is 4.04. The maximum Gasteiger partial charge on any atom is 0.141 e. The highest BCUT2D eigenvalue weighted by Crippen LogP contribution is 2.30. The molecule has 1 N–H and O–H groups in total. The molecule has 19 heavy (non-hydrogen) atoms. The third-order valence-electron chi connectivity index (χ3n) is 3.41. The summed E-state index contributed by atoms with van der Waals surface area (Å²) in [6.45, 7) is 7.23. The van der Waals surface area contributed by atoms with E-state index in [1.165, 1.54) is 22.3 Å². The van der Waals surface area contributed by atoms with Crippen LogP contribution in [0.5, 0.6) is 0 Å². The first-order chi connectivity index (χ1) is 8.95. The number of nitrogens with one attached hydrogen (secondary N) is 1. The molecule has 0 unspecified atom stereocenters. The molecule has 1 heterocycles. The second kappa shape index (κ2) is 5.47. The molecule has 2 aromatic rings. The van der Waals surface area contributed by atoms with E-state index >= 15 is 0 Å². The topological polar surface area (TPSA) is 29.9 Å². The van der Waals surface area contributed by atoms with Gasteiger partial charge in [-0.05, 0) is 54.9 Å². The Kier molecular flexibility index (Phi) is 4.11. The monoisotopic (exact) mass is 321 g/mol. The third kappa shape index (κ3) is 2.60. The fraction of sp³-hybridized carbons (Fsp3) is 0.400. The van der Waals surface area contributed by atoms with Crippen LogP contribution in [0, 0.1) is 20.8 Å². The molecule has 102 valence electrons. The molecule has 2 rings (SSSR count). The van der Waals surface area contributed by atoms with Crippen LogP contribution >= 0.6 is 15.9 Å². The van der Waals surface area contributed by atoms with E-state index in [0.717, 1.165) is 22.7 Å². The van der Waals surface area contributed by atoms with Crippen LogP contribution in [0.25, 0.3) is 11.4 Å². The number of hydrogen-bond donors (Lipinski definition) is 1. The molecule has 0 radical (unpaired) electrons. The van der Waals surface area contributed by atoms with Crippen LogP contribution in [-0.4, -0.2) is 16.6 Å². The zero-order chi connectivity index (χ0) is 14.2. The lowest BCUT2D eigenvalue weighted by molar-refractivity contribution is 0.734. The zero-order valence-electron chi connectivity index (χ0n) is 12.1. The summed E-state index contributed by atoms with van der Waals surface area (Å²) in [5.74, 6) is 1.02. The summed E-state index contributed by atoms with van der Waals surface area (Å²) in [5, 5.41) is 3.18. The second-order valence-corrected chi connectivity index (χ2v) is 5.79. The van der Waals surface area contributed by atoms with Crippen LogP contribution < -0.4 is 5.32 Å². The fourth-order valence-electron chi connectivity index (χ4n) is 2.61. The van der Waals surface area contributed by atoms with E-state index in [1.54, 1.807) is 0 Å². The Morgan fingerprint density at radius 2 is 1.79 bits per heavy atom. The lowest BCUT2D eigenvalue weighted by Gasteiger charge is -2.12. The van der Waals surface area contributed by atoms with Gasteiger partial charge in [0.25, 0.3) is 0 Å². The van der Waals surface area contributed by atoms with Crippen molar-refractivity contribution in [2.24, 2.45) is 7.05 Å². The summed E-state index contributed by atoms with van der Waals surface area (Å²) in [6, 6.07) is 4.42. The van der Waals surface area contributed by atoms with Crippen molar-refractivity contribution in [1.82, 2.24) is 14.9 Å². The number of aromatic nitrogens is 2. The fourth-order valence-corrected chi connectivity index (χ4v) is 3.19. The average molecular weight is 322 g/mol. The van der Waals surface area contributed by atoms with Crippen LogP contribution in [-0.2, 0) is 13.6 Å². The van der Waals surface area contributed by atoms with Gasteiger partial charge in [0, 0.05) is 19.2 Å². The van der Waals surface area contributed by atoms with Crippen LogP contribution in [0.4, 0.5) is 0 Å². The number of benzene rings is 1. The first-order valence-electron chi connectivity index (χ1n) is 6.39. The largest absolute Gasteiger partial charge is 0.329 e. The van der Waals surface area contributed by atoms with Gasteiger partial charge in [0.15, 0.2) is 0 Å². The van der Waals surface area contributed by atoms with Crippen molar-refractivity contribution in [3.63, 3.8) is 0 Å². The molecular weight excluding hydrogens is 302 g/mol. The lowest BCUT2D eigenvalue weighted by atomic mass is 9.99. The normalized spacial score (nSPS) is 11.1. The van der Waals surface area contributed by atoms with Gasteiger partial charge in [0.2, 0.25) is 0 Å². The van der Waals surface area contributed by atoms with Gasteiger partial charge in [0.05, 0.1) is 5.69 Å². The van der Waals surface area contributed by atoms with Crippen LogP contribution in [0.15, 0.2) is 16.7 Å². The molecule has 0 fully saturated rings. The van der Waals surface area contributed by atoms with Gasteiger partial charge in [-0.3, -0.25) is 0 Å². The van der Waals surface area contributed by atoms with E-state index in [2.05, 4.69) is 70.7 Å². The summed E-state index contributed by atoms with van der Waals surface area (Å²) in [7, 11) is 4.01. The van der Waals surface area contributed by atoms with E-state index in [0.29, 0.717) is 0 Å². The Balaban J connectivity index is 2.63. The first kappa shape index (κ1) is 14.3. The summed E-state index contributed by atoms with van der Waals surface area (Å²) in [4.78, 5) is 4.69. The Morgan fingerprint density at radius 1 is 1.21 bits per heavy atom. The number of aryl methyl sites for hydroxylation is 3. The maximum absolute atomic E-state index is 4.69. The number of halogens is 1. The molecule has 1 aromatic heterocycles. The lowest BCUT2D eigenvalue weighted by Crippen LogP contribution is -2.10. The van der Waals surface area contributed by atoms with Crippen LogP contribution in [0.1, 0.15) is 22.4 Å². The van der Waals surface area contributed by atoms with Crippen molar-refractivity contribution in [3.05, 3.63) is 39.1 Å². The van der Waals surface area contributed by atoms with Gasteiger partial charge >= 0.3 is 0 Å². The minimum atomic E-state index is 0.800. The molecule has 0 atom stereocenters. The molecule has 0 saturated heterocycles. The summed E-state index contributed by atoms with van der Waals surface area (Å²) < 4.78 is 3.07. The Bertz CT molecular complexity index is 591. The molecule has 0 spiro atoms. The van der Waals surface area contributed by atoms with Crippen molar-refractivity contribution >= 4 is 15.9 Å². The van der Waals surface area contributed by atoms with E-state index in [-0.39, 0.29) is 0 Å². The Labute approximate surface area is 123 Å². The molecule has 0 saturated carbocycles. The second-order valence-electron chi connectivity index (χ2n) is 5.04. The van der Waals surface area contributed by atoms with Crippen molar-refractivity contribution in [1.29, 1.82) is 0 Å². The average Bonchev–Trinajstić information content (AvgIpc) is 2.56. The van der Waals surface area contributed by atoms with E-state index in [9.17, 15) is 0 Å². The molecule has 0 aliphatic rings. The minimum absolute atomic E-state index is 0.800. The van der Waals surface area contributed by atoms with E-state index < -0.39 is 0 Å². The van der Waals surface area contributed by atoms with Crippen LogP contribution in [0.2, 0.25) is 0 Å². The molecule has 0 bridgehead atoms. The van der Waals surface area contributed by atoms with Crippen LogP contribution in [0.3, 0.4) is 0 Å². The van der Waals surface area contributed by atoms with E-state index in [4.69, 9.17) is 0 Å². The van der Waals surface area contributed by atoms with Gasteiger partial charge in [-0.25, -0.2) is 4.98 Å². The molecule has 0 aliphatic carbocycles. The molecule has 0 amide bonds. The van der Waals surface area contributed by atoms with Crippen molar-refractivity contribution in [2.75, 3.05) is 7.05 Å². The quantitative estimate of drug-likeness (QED) is 0.937. The van der Waals surface area contributed by atoms with Crippen molar-refractivity contribution in [3.8, 4) is 11.4 Å². The molecule has 4 heteroatoms. The highest BCUT2D eigenvalue weighted by molar-refractivity contribution is 9.10. The molecule has 1 aromatic carbocycles. The SMILES string of the molecule is CNCc1c(Br)nc(-c2c(C)cc(C)cc2C)n1C. The highest BCUT2D eigenvalue weighted by atomic mass is 79.9. The van der Waals surface area contributed by atoms with Gasteiger partial charge < -0.3 is 9.88 Å². The summed E-state index contributed by atoms with van der Waals surface area (Å²) >= 11 is 3.56. The number of hydrogen-bond acceptors (Lipinski definition) is 2. The zero-order valence-corrected chi connectivity index (χ0v) is 13.7. The van der Waals surface area contributed by atoms with Crippen molar-refractivity contribution < 1.29 is 0 Å². The Hall–Kier alpha value is -1.13. The highest BCUT2D eigenvalue weighted by Gasteiger charge is 2.17. The summed E-state index contributed by atoms with van der Waals surface area (Å²) in [6.07, 6.45) is 0. The predicted molar refractivity (Wildman–Crippen MR) is 83.3 cm³/mol. The van der Waals surface area contributed by atoms with Crippen molar-refractivity contribution in [2.45, 2.75) is 27.3 Å². The Morgan fingerprint density at radius 3 is 2.32 bits per heavy atom. The van der Waals surface area contributed by atoms with Gasteiger partial charge in [-0.2, -0.15) is 0 Å². The smallest absolute Gasteiger partial charge is 0.141 e. The number of nitrogens with zero attached hydrogens (tertiary/aromatic N) is 2. The predicted octanol–water partition coefficient (Wildman–Crippen LogP) is 3.49. The first-order valence-corrected chi connectivity index (χ1v) is 7.19. The minimum Gasteiger partial charge on any atom is -0.329 e. The maximum atomic E-state index is 4.69. The molecule has 3 nitrogen and oxygen atoms in total.